The minimum Gasteiger partial charge on any atom is -0.365 e. The van der Waals surface area contributed by atoms with Gasteiger partial charge in [0.25, 0.3) is 11.8 Å². The van der Waals surface area contributed by atoms with E-state index in [0.717, 1.165) is 0 Å². The third kappa shape index (κ3) is 1.20. The van der Waals surface area contributed by atoms with Crippen LogP contribution in [0.15, 0.2) is 4.52 Å². The molecule has 1 heterocycles. The Balaban J connectivity index is 2.96. The molecular weight excluding hydrogens is 144 g/mol. The van der Waals surface area contributed by atoms with Gasteiger partial charge in [0, 0.05) is 6.92 Å². The van der Waals surface area contributed by atoms with E-state index in [1.807, 2.05) is 0 Å². The quantitative estimate of drug-likeness (QED) is 0.640. The molecule has 1 aromatic heterocycles. The number of halogens is 2. The largest absolute Gasteiger partial charge is 0.365 e. The van der Waals surface area contributed by atoms with Crippen LogP contribution >= 0.6 is 0 Å². The smallest absolute Gasteiger partial charge is 0.322 e. The number of anilines is 1. The van der Waals surface area contributed by atoms with Gasteiger partial charge in [0.15, 0.2) is 0 Å². The Hall–Kier alpha value is -1.20. The van der Waals surface area contributed by atoms with E-state index in [0.29, 0.717) is 6.92 Å². The molecule has 0 aliphatic rings. The van der Waals surface area contributed by atoms with Crippen molar-refractivity contribution in [1.29, 1.82) is 0 Å². The van der Waals surface area contributed by atoms with Gasteiger partial charge in [-0.2, -0.15) is 13.8 Å². The Kier molecular flexibility index (Phi) is 1.31. The van der Waals surface area contributed by atoms with Crippen molar-refractivity contribution in [2.24, 2.45) is 0 Å². The lowest BCUT2D eigenvalue weighted by molar-refractivity contribution is -0.0158. The van der Waals surface area contributed by atoms with Gasteiger partial charge in [-0.3, -0.25) is 0 Å². The number of nitrogen functional groups attached to an aromatic ring is 1. The van der Waals surface area contributed by atoms with E-state index < -0.39 is 11.8 Å². The van der Waals surface area contributed by atoms with Crippen molar-refractivity contribution < 1.29 is 13.3 Å². The molecule has 0 aromatic carbocycles. The number of alkyl halides is 2. The zero-order valence-corrected chi connectivity index (χ0v) is 5.14. The van der Waals surface area contributed by atoms with Gasteiger partial charge in [-0.15, -0.1) is 0 Å². The Morgan fingerprint density at radius 1 is 1.60 bits per heavy atom. The predicted molar refractivity (Wildman–Crippen MR) is 28.3 cm³/mol. The van der Waals surface area contributed by atoms with E-state index in [4.69, 9.17) is 5.73 Å². The molecule has 4 nitrogen and oxygen atoms in total. The fraction of sp³-hybridized carbons (Fsp3) is 0.500. The van der Waals surface area contributed by atoms with Gasteiger partial charge in [-0.05, 0) is 5.16 Å². The summed E-state index contributed by atoms with van der Waals surface area (Å²) in [6, 6.07) is 0. The molecule has 1 aromatic rings. The molecule has 0 saturated carbocycles. The highest BCUT2D eigenvalue weighted by Gasteiger charge is 2.31. The second-order valence-electron chi connectivity index (χ2n) is 1.85. The van der Waals surface area contributed by atoms with Crippen LogP contribution in [-0.4, -0.2) is 10.1 Å². The van der Waals surface area contributed by atoms with Gasteiger partial charge in [0.2, 0.25) is 0 Å². The fourth-order valence-electron chi connectivity index (χ4n) is 0.413. The third-order valence-corrected chi connectivity index (χ3v) is 0.817. The molecule has 2 N–H and O–H groups in total. The zero-order chi connectivity index (χ0) is 7.78. The third-order valence-electron chi connectivity index (χ3n) is 0.817. The summed E-state index contributed by atoms with van der Waals surface area (Å²) in [7, 11) is 0. The van der Waals surface area contributed by atoms with E-state index in [9.17, 15) is 8.78 Å². The number of aromatic nitrogens is 2. The lowest BCUT2D eigenvalue weighted by Crippen LogP contribution is -2.07. The molecule has 0 atom stereocenters. The summed E-state index contributed by atoms with van der Waals surface area (Å²) < 4.78 is 28.5. The molecule has 0 fully saturated rings. The van der Waals surface area contributed by atoms with Gasteiger partial charge in [0.05, 0.1) is 0 Å². The molecule has 0 radical (unpaired) electrons. The normalized spacial score (nSPS) is 11.9. The van der Waals surface area contributed by atoms with Crippen LogP contribution in [0.1, 0.15) is 12.8 Å². The Bertz CT molecular complexity index is 229. The number of nitrogens with zero attached hydrogens (tertiary/aromatic N) is 2. The van der Waals surface area contributed by atoms with Gasteiger partial charge < -0.3 is 10.3 Å². The van der Waals surface area contributed by atoms with Crippen molar-refractivity contribution in [2.45, 2.75) is 12.8 Å². The average molecular weight is 149 g/mol. The number of nitrogens with two attached hydrogens (primary N) is 1. The lowest BCUT2D eigenvalue weighted by Gasteiger charge is -2.00. The topological polar surface area (TPSA) is 64.9 Å². The maximum Gasteiger partial charge on any atom is 0.322 e. The number of hydrogen-bond donors (Lipinski definition) is 1. The van der Waals surface area contributed by atoms with Gasteiger partial charge in [-0.1, -0.05) is 0 Å². The van der Waals surface area contributed by atoms with Crippen molar-refractivity contribution in [3.63, 3.8) is 0 Å². The molecule has 56 valence electrons. The summed E-state index contributed by atoms with van der Waals surface area (Å²) >= 11 is 0. The Morgan fingerprint density at radius 3 is 2.40 bits per heavy atom. The number of rotatable bonds is 1. The molecule has 0 unspecified atom stereocenters. The lowest BCUT2D eigenvalue weighted by atomic mass is 10.4. The minimum absolute atomic E-state index is 0.281. The first-order valence-corrected chi connectivity index (χ1v) is 2.47. The minimum atomic E-state index is -3.11. The predicted octanol–water partition coefficient (Wildman–Crippen LogP) is 0.764. The van der Waals surface area contributed by atoms with Crippen LogP contribution in [0.2, 0.25) is 0 Å². The van der Waals surface area contributed by atoms with E-state index >= 15 is 0 Å². The van der Waals surface area contributed by atoms with Crippen molar-refractivity contribution >= 4 is 5.95 Å². The van der Waals surface area contributed by atoms with E-state index in [2.05, 4.69) is 14.7 Å². The first-order valence-electron chi connectivity index (χ1n) is 2.47. The van der Waals surface area contributed by atoms with Gasteiger partial charge in [0.1, 0.15) is 0 Å². The fourth-order valence-corrected chi connectivity index (χ4v) is 0.413. The van der Waals surface area contributed by atoms with Crippen LogP contribution in [0.4, 0.5) is 14.7 Å². The first-order chi connectivity index (χ1) is 4.50. The molecule has 0 aliphatic carbocycles. The maximum absolute atomic E-state index is 12.2. The summed E-state index contributed by atoms with van der Waals surface area (Å²) in [5, 5.41) is 2.99. The van der Waals surface area contributed by atoms with E-state index in [1.54, 1.807) is 0 Å². The molecule has 0 bridgehead atoms. The molecule has 0 aliphatic heterocycles. The molecule has 1 rings (SSSR count). The Labute approximate surface area is 55.0 Å². The van der Waals surface area contributed by atoms with Crippen LogP contribution in [0.25, 0.3) is 0 Å². The summed E-state index contributed by atoms with van der Waals surface area (Å²) in [5.41, 5.74) is 4.93. The van der Waals surface area contributed by atoms with Crippen LogP contribution in [0.5, 0.6) is 0 Å². The van der Waals surface area contributed by atoms with Crippen molar-refractivity contribution in [3.8, 4) is 0 Å². The molecule has 6 heteroatoms. The second-order valence-corrected chi connectivity index (χ2v) is 1.85. The van der Waals surface area contributed by atoms with Crippen molar-refractivity contribution in [1.82, 2.24) is 10.1 Å². The summed E-state index contributed by atoms with van der Waals surface area (Å²) in [6.07, 6.45) is 0. The van der Waals surface area contributed by atoms with Gasteiger partial charge >= 0.3 is 5.92 Å². The van der Waals surface area contributed by atoms with Crippen LogP contribution in [0, 0.1) is 0 Å². The zero-order valence-electron chi connectivity index (χ0n) is 5.14. The first kappa shape index (κ1) is 6.91. The summed E-state index contributed by atoms with van der Waals surface area (Å²) in [6.45, 7) is 0.653. The monoisotopic (exact) mass is 149 g/mol. The standard InChI is InChI=1S/C4H5F2N3O/c1-4(5,6)2-8-3(7)9-10-2/h1H3,(H2,7,9). The average Bonchev–Trinajstić information content (AvgIpc) is 2.11. The molecule has 0 saturated heterocycles. The molecule has 0 amide bonds. The van der Waals surface area contributed by atoms with Crippen LogP contribution in [-0.2, 0) is 5.92 Å². The van der Waals surface area contributed by atoms with E-state index in [-0.39, 0.29) is 5.95 Å². The summed E-state index contributed by atoms with van der Waals surface area (Å²) in [4.78, 5) is 3.13. The van der Waals surface area contributed by atoms with Crippen LogP contribution in [0.3, 0.4) is 0 Å². The second kappa shape index (κ2) is 1.89. The maximum atomic E-state index is 12.2. The van der Waals surface area contributed by atoms with Gasteiger partial charge in [-0.25, -0.2) is 0 Å². The summed E-state index contributed by atoms with van der Waals surface area (Å²) in [5.74, 6) is -4.15. The van der Waals surface area contributed by atoms with Crippen molar-refractivity contribution in [3.05, 3.63) is 5.89 Å². The SMILES string of the molecule is CC(F)(F)c1nc(N)no1. The molecular formula is C4H5F2N3O. The van der Waals surface area contributed by atoms with Crippen LogP contribution < -0.4 is 5.73 Å². The highest BCUT2D eigenvalue weighted by atomic mass is 19.3. The number of hydrogen-bond acceptors (Lipinski definition) is 4. The van der Waals surface area contributed by atoms with E-state index in [1.165, 1.54) is 0 Å². The molecule has 10 heavy (non-hydrogen) atoms. The highest BCUT2D eigenvalue weighted by molar-refractivity contribution is 5.11. The van der Waals surface area contributed by atoms with Crippen molar-refractivity contribution in [2.75, 3.05) is 5.73 Å². The molecule has 0 spiro atoms. The Morgan fingerprint density at radius 2 is 2.20 bits per heavy atom. The highest BCUT2D eigenvalue weighted by Crippen LogP contribution is 2.24.